The van der Waals surface area contributed by atoms with Gasteiger partial charge < -0.3 is 0 Å². The molecule has 0 aliphatic rings. The van der Waals surface area contributed by atoms with E-state index in [1.807, 2.05) is 192 Å². The predicted octanol–water partition coefficient (Wildman–Crippen LogP) is 11.2. The zero-order chi connectivity index (χ0) is 24.7. The van der Waals surface area contributed by atoms with Gasteiger partial charge >= 0.3 is 0 Å². The molecule has 0 unspecified atom stereocenters. The summed E-state index contributed by atoms with van der Waals surface area (Å²) in [5.74, 6) is 0. The van der Waals surface area contributed by atoms with E-state index < -0.39 is 0 Å². The molecule has 0 N–H and O–H groups in total. The van der Waals surface area contributed by atoms with Crippen LogP contribution < -0.4 is 0 Å². The van der Waals surface area contributed by atoms with Crippen molar-refractivity contribution < 1.29 is 0 Å². The van der Waals surface area contributed by atoms with Crippen molar-refractivity contribution in [3.63, 3.8) is 0 Å². The van der Waals surface area contributed by atoms with E-state index in [-0.39, 0.29) is 0 Å². The van der Waals surface area contributed by atoms with Crippen LogP contribution in [0.2, 0.25) is 0 Å². The summed E-state index contributed by atoms with van der Waals surface area (Å²) < 4.78 is 0. The van der Waals surface area contributed by atoms with Crippen LogP contribution in [0.15, 0.2) is 109 Å². The van der Waals surface area contributed by atoms with E-state index in [0.29, 0.717) is 0 Å². The summed E-state index contributed by atoms with van der Waals surface area (Å²) in [6.45, 7) is 24.0. The minimum Gasteiger partial charge on any atom is -0.0683 e. The van der Waals surface area contributed by atoms with Gasteiger partial charge in [-0.05, 0) is 0 Å². The molecule has 0 aromatic heterocycles. The minimum absolute atomic E-state index is 2.00. The van der Waals surface area contributed by atoms with Crippen LogP contribution in [0, 0.1) is 0 Å². The quantitative estimate of drug-likeness (QED) is 0.343. The third-order valence-corrected chi connectivity index (χ3v) is 2.00. The highest BCUT2D eigenvalue weighted by Crippen LogP contribution is 1.81. The van der Waals surface area contributed by atoms with Crippen LogP contribution in [0.25, 0.3) is 0 Å². The van der Waals surface area contributed by atoms with E-state index in [1.165, 1.54) is 0 Å². The Morgan fingerprint density at radius 3 is 0.200 bits per heavy atom. The number of hydrogen-bond acceptors (Lipinski definition) is 0. The van der Waals surface area contributed by atoms with E-state index >= 15 is 0 Å². The van der Waals surface area contributed by atoms with Crippen molar-refractivity contribution in [1.29, 1.82) is 0 Å². The first-order valence-corrected chi connectivity index (χ1v) is 12.0. The molecule has 0 heteroatoms. The molecule has 174 valence electrons. The average Bonchev–Trinajstić information content (AvgIpc) is 2.95. The molecule has 0 atom stereocenters. The largest absolute Gasteiger partial charge is 0.0683 e. The van der Waals surface area contributed by atoms with Crippen molar-refractivity contribution >= 4 is 0 Å². The molecule has 0 bridgehead atoms. The van der Waals surface area contributed by atoms with E-state index in [9.17, 15) is 0 Å². The van der Waals surface area contributed by atoms with Crippen LogP contribution in [0.4, 0.5) is 0 Å². The summed E-state index contributed by atoms with van der Waals surface area (Å²) in [7, 11) is 0. The molecule has 0 saturated heterocycles. The Morgan fingerprint density at radius 1 is 0.133 bits per heavy atom. The summed E-state index contributed by atoms with van der Waals surface area (Å²) in [5.41, 5.74) is 0. The molecule has 3 rings (SSSR count). The summed E-state index contributed by atoms with van der Waals surface area (Å²) >= 11 is 0. The maximum Gasteiger partial charge on any atom is -0.0623 e. The maximum atomic E-state index is 2.00. The van der Waals surface area contributed by atoms with Gasteiger partial charge in [-0.15, -0.1) is 0 Å². The smallest absolute Gasteiger partial charge is 0.0623 e. The van der Waals surface area contributed by atoms with Gasteiger partial charge in [0.05, 0.1) is 0 Å². The first-order chi connectivity index (χ1) is 15.0. The highest BCUT2D eigenvalue weighted by atomic mass is 13.7. The molecule has 0 nitrogen and oxygen atoms in total. The maximum absolute atomic E-state index is 2.00. The lowest BCUT2D eigenvalue weighted by molar-refractivity contribution is 1.50. The van der Waals surface area contributed by atoms with Crippen molar-refractivity contribution in [2.24, 2.45) is 0 Å². The molecule has 0 heterocycles. The molecular formula is C30H54. The Bertz CT molecular complexity index is 291. The third kappa shape index (κ3) is 63.6. The summed E-state index contributed by atoms with van der Waals surface area (Å²) in [5, 5.41) is 0. The lowest BCUT2D eigenvalue weighted by atomic mass is 10.4. The second-order valence-electron chi connectivity index (χ2n) is 3.46. The van der Waals surface area contributed by atoms with Crippen molar-refractivity contribution in [1.82, 2.24) is 0 Å². The van der Waals surface area contributed by atoms with E-state index in [0.717, 1.165) is 0 Å². The fraction of sp³-hybridized carbons (Fsp3) is 0.400. The second-order valence-corrected chi connectivity index (χ2v) is 3.46. The number of benzene rings is 3. The standard InChI is InChI=1S/3C6H6.6C2H6/c3*1-2-4-6-5-3-1;6*1-2/h3*1-6H;6*1-2H3. The van der Waals surface area contributed by atoms with Crippen molar-refractivity contribution in [3.05, 3.63) is 109 Å². The highest BCUT2D eigenvalue weighted by molar-refractivity contribution is 5.00. The van der Waals surface area contributed by atoms with Gasteiger partial charge in [-0.2, -0.15) is 0 Å². The fourth-order valence-corrected chi connectivity index (χ4v) is 1.15. The Balaban J connectivity index is -0.0000000579. The van der Waals surface area contributed by atoms with Gasteiger partial charge in [-0.25, -0.2) is 0 Å². The van der Waals surface area contributed by atoms with Gasteiger partial charge in [0.25, 0.3) is 0 Å². The Morgan fingerprint density at radius 2 is 0.167 bits per heavy atom. The minimum atomic E-state index is 2.00. The Labute approximate surface area is 192 Å². The number of rotatable bonds is 0. The van der Waals surface area contributed by atoms with Crippen LogP contribution in [0.5, 0.6) is 0 Å². The zero-order valence-corrected chi connectivity index (χ0v) is 22.4. The van der Waals surface area contributed by atoms with E-state index in [2.05, 4.69) is 0 Å². The molecule has 3 aromatic carbocycles. The average molecular weight is 415 g/mol. The monoisotopic (exact) mass is 414 g/mol. The summed E-state index contributed by atoms with van der Waals surface area (Å²) in [4.78, 5) is 0. The third-order valence-electron chi connectivity index (χ3n) is 2.00. The SMILES string of the molecule is CC.CC.CC.CC.CC.CC.c1ccccc1.c1ccccc1.c1ccccc1. The topological polar surface area (TPSA) is 0 Å². The molecule has 0 amide bonds. The molecule has 0 aliphatic heterocycles. The number of hydrogen-bond donors (Lipinski definition) is 0. The van der Waals surface area contributed by atoms with Crippen LogP contribution in [0.3, 0.4) is 0 Å². The van der Waals surface area contributed by atoms with Crippen molar-refractivity contribution in [2.75, 3.05) is 0 Å². The van der Waals surface area contributed by atoms with Gasteiger partial charge in [-0.3, -0.25) is 0 Å². The Hall–Kier alpha value is -2.34. The van der Waals surface area contributed by atoms with Gasteiger partial charge in [0.1, 0.15) is 0 Å². The van der Waals surface area contributed by atoms with E-state index in [1.54, 1.807) is 0 Å². The van der Waals surface area contributed by atoms with Crippen molar-refractivity contribution in [3.8, 4) is 0 Å². The molecule has 0 radical (unpaired) electrons. The summed E-state index contributed by atoms with van der Waals surface area (Å²) in [6, 6.07) is 36.0. The molecule has 0 spiro atoms. The summed E-state index contributed by atoms with van der Waals surface area (Å²) in [6.07, 6.45) is 0. The molecule has 3 aromatic rings. The molecule has 0 aliphatic carbocycles. The van der Waals surface area contributed by atoms with Crippen LogP contribution in [0.1, 0.15) is 83.1 Å². The Kier molecular flexibility index (Phi) is 100.0. The van der Waals surface area contributed by atoms with Gasteiger partial charge in [0.2, 0.25) is 0 Å². The second kappa shape index (κ2) is 71.6. The van der Waals surface area contributed by atoms with Crippen LogP contribution in [-0.2, 0) is 0 Å². The first-order valence-electron chi connectivity index (χ1n) is 12.0. The van der Waals surface area contributed by atoms with Crippen LogP contribution in [-0.4, -0.2) is 0 Å². The zero-order valence-electron chi connectivity index (χ0n) is 22.4. The predicted molar refractivity (Wildman–Crippen MR) is 147 cm³/mol. The molecule has 0 fully saturated rings. The van der Waals surface area contributed by atoms with Gasteiger partial charge in [-0.1, -0.05) is 192 Å². The van der Waals surface area contributed by atoms with Crippen LogP contribution >= 0.6 is 0 Å². The lowest BCUT2D eigenvalue weighted by Gasteiger charge is -1.69. The fourth-order valence-electron chi connectivity index (χ4n) is 1.15. The highest BCUT2D eigenvalue weighted by Gasteiger charge is 1.59. The first kappa shape index (κ1) is 41.9. The lowest BCUT2D eigenvalue weighted by Crippen LogP contribution is -1.47. The normalized spacial score (nSPS) is 6.00. The molecule has 30 heavy (non-hydrogen) atoms. The van der Waals surface area contributed by atoms with Crippen molar-refractivity contribution in [2.45, 2.75) is 83.1 Å². The molecule has 0 saturated carbocycles. The molecular weight excluding hydrogens is 360 g/mol. The van der Waals surface area contributed by atoms with Gasteiger partial charge in [0.15, 0.2) is 0 Å². The van der Waals surface area contributed by atoms with Gasteiger partial charge in [0, 0.05) is 0 Å². The van der Waals surface area contributed by atoms with E-state index in [4.69, 9.17) is 0 Å².